The Morgan fingerprint density at radius 1 is 0.969 bits per heavy atom. The van der Waals surface area contributed by atoms with E-state index in [-0.39, 0.29) is 17.8 Å². The summed E-state index contributed by atoms with van der Waals surface area (Å²) in [5.74, 6) is 1.39. The van der Waals surface area contributed by atoms with Gasteiger partial charge in [-0.1, -0.05) is 30.3 Å². The Bertz CT molecular complexity index is 1200. The van der Waals surface area contributed by atoms with Gasteiger partial charge in [0.15, 0.2) is 0 Å². The van der Waals surface area contributed by atoms with E-state index in [1.807, 2.05) is 50.2 Å². The van der Waals surface area contributed by atoms with Crippen molar-refractivity contribution in [3.8, 4) is 11.5 Å². The highest BCUT2D eigenvalue weighted by Crippen LogP contribution is 2.37. The molecule has 0 unspecified atom stereocenters. The first-order valence-electron chi connectivity index (χ1n) is 9.99. The summed E-state index contributed by atoms with van der Waals surface area (Å²) in [5.41, 5.74) is 3.41. The highest BCUT2D eigenvalue weighted by atomic mass is 16.5. The molecule has 0 saturated carbocycles. The predicted octanol–water partition coefficient (Wildman–Crippen LogP) is 3.78. The van der Waals surface area contributed by atoms with Gasteiger partial charge >= 0.3 is 0 Å². The lowest BCUT2D eigenvalue weighted by atomic mass is 10.1. The first kappa shape index (κ1) is 21.0. The van der Waals surface area contributed by atoms with Gasteiger partial charge in [0, 0.05) is 17.5 Å². The molecule has 1 N–H and O–H groups in total. The minimum absolute atomic E-state index is 0.255. The molecule has 1 aliphatic heterocycles. The van der Waals surface area contributed by atoms with Crippen LogP contribution < -0.4 is 19.7 Å². The molecule has 32 heavy (non-hydrogen) atoms. The third-order valence-corrected chi connectivity index (χ3v) is 4.82. The zero-order valence-corrected chi connectivity index (χ0v) is 18.3. The number of anilines is 1. The molecule has 8 nitrogen and oxygen atoms in total. The Hall–Kier alpha value is -4.20. The Morgan fingerprint density at radius 2 is 1.69 bits per heavy atom. The lowest BCUT2D eigenvalue weighted by Gasteiger charge is -2.21. The van der Waals surface area contributed by atoms with Gasteiger partial charge in [-0.2, -0.15) is 4.99 Å². The summed E-state index contributed by atoms with van der Waals surface area (Å²) in [6, 6.07) is 16.8. The number of carbonyl (C=O) groups excluding carboxylic acids is 1. The number of ether oxygens (including phenoxy) is 2. The number of aliphatic imine (C=N–C) groups is 1. The number of nitrogens with one attached hydrogen (secondary N) is 1. The fraction of sp³-hybridized carbons (Fsp3) is 0.167. The number of hydrogen-bond acceptors (Lipinski definition) is 6. The van der Waals surface area contributed by atoms with E-state index in [9.17, 15) is 4.79 Å². The van der Waals surface area contributed by atoms with Crippen molar-refractivity contribution in [3.05, 3.63) is 77.2 Å². The van der Waals surface area contributed by atoms with Crippen LogP contribution in [0.25, 0.3) is 6.08 Å². The Morgan fingerprint density at radius 3 is 2.34 bits per heavy atom. The zero-order chi connectivity index (χ0) is 22.7. The number of amides is 1. The lowest BCUT2D eigenvalue weighted by molar-refractivity contribution is -0.115. The zero-order valence-electron chi connectivity index (χ0n) is 18.3. The summed E-state index contributed by atoms with van der Waals surface area (Å²) >= 11 is 0. The molecule has 1 saturated heterocycles. The van der Waals surface area contributed by atoms with Crippen molar-refractivity contribution in [3.63, 3.8) is 0 Å². The molecule has 2 heterocycles. The maximum atomic E-state index is 13.0. The number of aryl methyl sites for hydroxylation is 2. The standard InChI is InChI=1S/C24H23N5O3/c1-15-12-16(2)26-23(25-15)28-24-27-22(30)20(13-17-8-6-5-7-9-17)29(24)19-14-18(31-3)10-11-21(19)32-4/h5-14H,1-4H3,(H,25,26,27,28,30). The van der Waals surface area contributed by atoms with Gasteiger partial charge in [-0.05, 0) is 43.7 Å². The van der Waals surface area contributed by atoms with E-state index in [0.29, 0.717) is 22.9 Å². The normalized spacial score (nSPS) is 15.9. The number of nitrogens with zero attached hydrogens (tertiary/aromatic N) is 4. The third-order valence-electron chi connectivity index (χ3n) is 4.82. The number of rotatable bonds is 5. The van der Waals surface area contributed by atoms with Crippen LogP contribution in [0.2, 0.25) is 0 Å². The van der Waals surface area contributed by atoms with Crippen LogP contribution in [0, 0.1) is 13.8 Å². The maximum Gasteiger partial charge on any atom is 0.275 e. The predicted molar refractivity (Wildman–Crippen MR) is 123 cm³/mol. The molecule has 4 rings (SSSR count). The van der Waals surface area contributed by atoms with Crippen molar-refractivity contribution in [1.82, 2.24) is 15.3 Å². The summed E-state index contributed by atoms with van der Waals surface area (Å²) in [6.45, 7) is 3.74. The first-order chi connectivity index (χ1) is 15.5. The topological polar surface area (TPSA) is 88.9 Å². The van der Waals surface area contributed by atoms with E-state index in [4.69, 9.17) is 9.47 Å². The van der Waals surface area contributed by atoms with Crippen LogP contribution in [0.1, 0.15) is 17.0 Å². The highest BCUT2D eigenvalue weighted by molar-refractivity contribution is 6.25. The van der Waals surface area contributed by atoms with Crippen LogP contribution in [0.5, 0.6) is 11.5 Å². The molecule has 3 aromatic rings. The van der Waals surface area contributed by atoms with Crippen LogP contribution >= 0.6 is 0 Å². The van der Waals surface area contributed by atoms with Crippen LogP contribution in [-0.4, -0.2) is 36.1 Å². The van der Waals surface area contributed by atoms with Gasteiger partial charge in [0.2, 0.25) is 5.96 Å². The van der Waals surface area contributed by atoms with Crippen molar-refractivity contribution in [2.24, 2.45) is 4.99 Å². The first-order valence-corrected chi connectivity index (χ1v) is 9.99. The molecule has 1 fully saturated rings. The average Bonchev–Trinajstić information content (AvgIpc) is 3.07. The molecule has 0 bridgehead atoms. The molecule has 0 aliphatic carbocycles. The van der Waals surface area contributed by atoms with Gasteiger partial charge < -0.3 is 9.47 Å². The number of hydrogen-bond donors (Lipinski definition) is 1. The van der Waals surface area contributed by atoms with E-state index >= 15 is 0 Å². The summed E-state index contributed by atoms with van der Waals surface area (Å²) in [5, 5.41) is 2.84. The van der Waals surface area contributed by atoms with Gasteiger partial charge in [0.25, 0.3) is 11.9 Å². The van der Waals surface area contributed by atoms with E-state index in [1.165, 1.54) is 0 Å². The van der Waals surface area contributed by atoms with Gasteiger partial charge in [0.05, 0.1) is 19.9 Å². The molecular weight excluding hydrogens is 406 g/mol. The quantitative estimate of drug-likeness (QED) is 0.621. The van der Waals surface area contributed by atoms with Gasteiger partial charge in [-0.15, -0.1) is 0 Å². The van der Waals surface area contributed by atoms with Gasteiger partial charge in [0.1, 0.15) is 17.2 Å². The molecule has 1 amide bonds. The molecule has 0 atom stereocenters. The lowest BCUT2D eigenvalue weighted by Crippen LogP contribution is -2.30. The Labute approximate surface area is 186 Å². The van der Waals surface area contributed by atoms with Crippen molar-refractivity contribution in [2.45, 2.75) is 13.8 Å². The number of guanidine groups is 1. The highest BCUT2D eigenvalue weighted by Gasteiger charge is 2.35. The van der Waals surface area contributed by atoms with E-state index < -0.39 is 0 Å². The minimum atomic E-state index is -0.304. The summed E-state index contributed by atoms with van der Waals surface area (Å²) in [6.07, 6.45) is 1.79. The third kappa shape index (κ3) is 4.29. The van der Waals surface area contributed by atoms with Crippen LogP contribution in [-0.2, 0) is 4.79 Å². The van der Waals surface area contributed by atoms with E-state index in [0.717, 1.165) is 17.0 Å². The summed E-state index contributed by atoms with van der Waals surface area (Å²) in [4.78, 5) is 28.1. The van der Waals surface area contributed by atoms with Gasteiger partial charge in [-0.25, -0.2) is 9.97 Å². The van der Waals surface area contributed by atoms with E-state index in [2.05, 4.69) is 20.3 Å². The van der Waals surface area contributed by atoms with Crippen molar-refractivity contribution >= 4 is 29.6 Å². The second-order valence-corrected chi connectivity index (χ2v) is 7.15. The van der Waals surface area contributed by atoms with Crippen LogP contribution in [0.3, 0.4) is 0 Å². The number of benzene rings is 2. The van der Waals surface area contributed by atoms with Crippen LogP contribution in [0.15, 0.2) is 65.3 Å². The fourth-order valence-corrected chi connectivity index (χ4v) is 3.42. The summed E-state index contributed by atoms with van der Waals surface area (Å²) < 4.78 is 11.0. The smallest absolute Gasteiger partial charge is 0.275 e. The van der Waals surface area contributed by atoms with Crippen molar-refractivity contribution in [1.29, 1.82) is 0 Å². The van der Waals surface area contributed by atoms with Crippen molar-refractivity contribution < 1.29 is 14.3 Å². The fourth-order valence-electron chi connectivity index (χ4n) is 3.42. The molecule has 2 aromatic carbocycles. The Balaban J connectivity index is 1.92. The van der Waals surface area contributed by atoms with E-state index in [1.54, 1.807) is 43.4 Å². The summed E-state index contributed by atoms with van der Waals surface area (Å²) in [7, 11) is 3.15. The molecule has 1 aliphatic rings. The Kier molecular flexibility index (Phi) is 5.85. The van der Waals surface area contributed by atoms with Gasteiger partial charge in [-0.3, -0.25) is 15.0 Å². The molecular formula is C24H23N5O3. The molecule has 162 valence electrons. The maximum absolute atomic E-state index is 13.0. The van der Waals surface area contributed by atoms with Crippen LogP contribution in [0.4, 0.5) is 11.6 Å². The second-order valence-electron chi connectivity index (χ2n) is 7.15. The number of methoxy groups -OCH3 is 2. The van der Waals surface area contributed by atoms with Crippen molar-refractivity contribution in [2.75, 3.05) is 19.1 Å². The average molecular weight is 429 g/mol. The largest absolute Gasteiger partial charge is 0.497 e. The monoisotopic (exact) mass is 429 g/mol. The number of aromatic nitrogens is 2. The SMILES string of the molecule is COc1ccc(OC)c(N2C(=Cc3ccccc3)C(=O)NC2=Nc2nc(C)cc(C)n2)c1. The molecule has 8 heteroatoms. The molecule has 1 aromatic heterocycles. The molecule has 0 spiro atoms. The second kappa shape index (κ2) is 8.89. The minimum Gasteiger partial charge on any atom is -0.497 e. The number of carbonyl (C=O) groups is 1. The molecule has 0 radical (unpaired) electrons.